The third-order valence-corrected chi connectivity index (χ3v) is 8.71. The molecule has 0 saturated heterocycles. The Hall–Kier alpha value is -2.44. The first-order valence-corrected chi connectivity index (χ1v) is 14.8. The van der Waals surface area contributed by atoms with Crippen LogP contribution in [0.4, 0.5) is 26.3 Å². The highest BCUT2D eigenvalue weighted by atomic mass is 19.3. The van der Waals surface area contributed by atoms with Gasteiger partial charge in [0.05, 0.1) is 5.92 Å². The third-order valence-electron chi connectivity index (χ3n) is 8.71. The first-order chi connectivity index (χ1) is 19.2. The van der Waals surface area contributed by atoms with Gasteiger partial charge in [-0.25, -0.2) is 17.6 Å². The average molecular weight is 567 g/mol. The van der Waals surface area contributed by atoms with Crippen LogP contribution >= 0.6 is 0 Å². The molecule has 7 heteroatoms. The van der Waals surface area contributed by atoms with Crippen LogP contribution in [0.2, 0.25) is 0 Å². The summed E-state index contributed by atoms with van der Waals surface area (Å²) in [6, 6.07) is 6.65. The van der Waals surface area contributed by atoms with Crippen molar-refractivity contribution in [3.8, 4) is 5.75 Å². The van der Waals surface area contributed by atoms with Gasteiger partial charge in [0.2, 0.25) is 0 Å². The van der Waals surface area contributed by atoms with Crippen molar-refractivity contribution in [3.05, 3.63) is 76.9 Å². The standard InChI is InChI=1S/C33H40F6O/c1-2-3-4-5-6-24-13-18-28(29(34)19-24)25-14-9-22(10-15-25)7-8-23-11-16-26(17-12-23)33(38,39)40-27-20-30(35)32(37)31(36)21-27/h7-8,13,18-23,25-26H,2-6,9-12,14-17H2,1H3/b8-7+. The summed E-state index contributed by atoms with van der Waals surface area (Å²) in [6.07, 6.45) is 11.7. The van der Waals surface area contributed by atoms with Crippen LogP contribution in [0, 0.1) is 41.0 Å². The molecule has 0 aliphatic heterocycles. The molecule has 0 amide bonds. The van der Waals surface area contributed by atoms with E-state index in [4.69, 9.17) is 0 Å². The molecule has 0 heterocycles. The van der Waals surface area contributed by atoms with Crippen molar-refractivity contribution in [1.82, 2.24) is 0 Å². The molecule has 220 valence electrons. The van der Waals surface area contributed by atoms with Crippen LogP contribution in [0.1, 0.15) is 101 Å². The van der Waals surface area contributed by atoms with Gasteiger partial charge in [-0.15, -0.1) is 0 Å². The van der Waals surface area contributed by atoms with Crippen molar-refractivity contribution >= 4 is 0 Å². The third kappa shape index (κ3) is 8.07. The Morgan fingerprint density at radius 2 is 1.35 bits per heavy atom. The summed E-state index contributed by atoms with van der Waals surface area (Å²) in [5.41, 5.74) is 1.90. The Kier molecular flexibility index (Phi) is 10.6. The molecule has 2 aromatic rings. The molecule has 40 heavy (non-hydrogen) atoms. The van der Waals surface area contributed by atoms with Crippen LogP contribution in [0.5, 0.6) is 5.75 Å². The zero-order chi connectivity index (χ0) is 28.7. The van der Waals surface area contributed by atoms with Crippen molar-refractivity contribution in [3.63, 3.8) is 0 Å². The highest BCUT2D eigenvalue weighted by Crippen LogP contribution is 2.42. The van der Waals surface area contributed by atoms with Gasteiger partial charge in [-0.1, -0.05) is 50.5 Å². The van der Waals surface area contributed by atoms with E-state index in [1.807, 2.05) is 6.07 Å². The predicted molar refractivity (Wildman–Crippen MR) is 145 cm³/mol. The van der Waals surface area contributed by atoms with Crippen molar-refractivity contribution < 1.29 is 31.1 Å². The molecule has 2 saturated carbocycles. The monoisotopic (exact) mass is 566 g/mol. The Labute approximate surface area is 234 Å². The number of hydrogen-bond acceptors (Lipinski definition) is 1. The quantitative estimate of drug-likeness (QED) is 0.114. The fourth-order valence-electron chi connectivity index (χ4n) is 6.23. The van der Waals surface area contributed by atoms with Crippen molar-refractivity contribution in [1.29, 1.82) is 0 Å². The lowest BCUT2D eigenvalue weighted by molar-refractivity contribution is -0.223. The molecule has 0 radical (unpaired) electrons. The van der Waals surface area contributed by atoms with Crippen LogP contribution in [-0.2, 0) is 6.42 Å². The zero-order valence-electron chi connectivity index (χ0n) is 23.2. The summed E-state index contributed by atoms with van der Waals surface area (Å²) in [5, 5.41) is 0. The van der Waals surface area contributed by atoms with Crippen LogP contribution < -0.4 is 4.74 Å². The minimum Gasteiger partial charge on any atom is -0.432 e. The fourth-order valence-corrected chi connectivity index (χ4v) is 6.23. The molecule has 2 aliphatic carbocycles. The summed E-state index contributed by atoms with van der Waals surface area (Å²) < 4.78 is 88.7. The minimum atomic E-state index is -3.60. The molecule has 0 aromatic heterocycles. The second kappa shape index (κ2) is 14.0. The predicted octanol–water partition coefficient (Wildman–Crippen LogP) is 10.7. The number of benzene rings is 2. The van der Waals surface area contributed by atoms with Gasteiger partial charge in [-0.2, -0.15) is 8.78 Å². The van der Waals surface area contributed by atoms with E-state index in [0.29, 0.717) is 30.9 Å². The molecule has 0 N–H and O–H groups in total. The van der Waals surface area contributed by atoms with Crippen molar-refractivity contribution in [2.75, 3.05) is 0 Å². The van der Waals surface area contributed by atoms with E-state index >= 15 is 0 Å². The summed E-state index contributed by atoms with van der Waals surface area (Å²) in [6.45, 7) is 2.18. The number of ether oxygens (including phenoxy) is 1. The average Bonchev–Trinajstić information content (AvgIpc) is 2.93. The van der Waals surface area contributed by atoms with E-state index in [9.17, 15) is 26.3 Å². The second-order valence-corrected chi connectivity index (χ2v) is 11.6. The Morgan fingerprint density at radius 3 is 1.93 bits per heavy atom. The van der Waals surface area contributed by atoms with Gasteiger partial charge in [0.1, 0.15) is 11.6 Å². The van der Waals surface area contributed by atoms with Gasteiger partial charge in [0.25, 0.3) is 0 Å². The number of unbranched alkanes of at least 4 members (excludes halogenated alkanes) is 3. The molecule has 0 bridgehead atoms. The van der Waals surface area contributed by atoms with Gasteiger partial charge < -0.3 is 4.74 Å². The van der Waals surface area contributed by atoms with E-state index in [2.05, 4.69) is 29.9 Å². The van der Waals surface area contributed by atoms with Crippen LogP contribution in [0.25, 0.3) is 0 Å². The molecule has 2 aliphatic rings. The summed E-state index contributed by atoms with van der Waals surface area (Å²) in [4.78, 5) is 0. The topological polar surface area (TPSA) is 9.23 Å². The largest absolute Gasteiger partial charge is 0.432 e. The number of rotatable bonds is 11. The normalized spacial score (nSPS) is 24.0. The summed E-state index contributed by atoms with van der Waals surface area (Å²) >= 11 is 0. The lowest BCUT2D eigenvalue weighted by Crippen LogP contribution is -2.37. The molecule has 0 unspecified atom stereocenters. The van der Waals surface area contributed by atoms with Gasteiger partial charge in [0.15, 0.2) is 17.5 Å². The second-order valence-electron chi connectivity index (χ2n) is 11.6. The number of aryl methyl sites for hydroxylation is 1. The van der Waals surface area contributed by atoms with Crippen LogP contribution in [0.3, 0.4) is 0 Å². The maximum absolute atomic E-state index is 14.9. The van der Waals surface area contributed by atoms with E-state index in [1.165, 1.54) is 19.3 Å². The Bertz CT molecular complexity index is 1110. The number of halogens is 6. The molecular weight excluding hydrogens is 526 g/mol. The maximum atomic E-state index is 14.9. The van der Waals surface area contributed by atoms with Gasteiger partial charge in [-0.05, 0) is 99.2 Å². The van der Waals surface area contributed by atoms with E-state index in [-0.39, 0.29) is 30.5 Å². The molecular formula is C33H40F6O. The molecule has 4 rings (SSSR count). The first kappa shape index (κ1) is 30.5. The van der Waals surface area contributed by atoms with E-state index < -0.39 is 35.2 Å². The lowest BCUT2D eigenvalue weighted by Gasteiger charge is -2.32. The van der Waals surface area contributed by atoms with Crippen molar-refractivity contribution in [2.24, 2.45) is 17.8 Å². The van der Waals surface area contributed by atoms with E-state index in [0.717, 1.165) is 49.7 Å². The minimum absolute atomic E-state index is 0.0841. The number of alkyl halides is 2. The molecule has 2 aromatic carbocycles. The SMILES string of the molecule is CCCCCCc1ccc(C2CCC(/C=C/C3CCC(C(F)(F)Oc4cc(F)c(F)c(F)c4)CC3)CC2)c(F)c1. The highest BCUT2D eigenvalue weighted by Gasteiger charge is 2.44. The maximum Gasteiger partial charge on any atom is 0.400 e. The summed E-state index contributed by atoms with van der Waals surface area (Å²) in [5.74, 6) is -5.91. The van der Waals surface area contributed by atoms with Crippen molar-refractivity contribution in [2.45, 2.75) is 102 Å². The fraction of sp³-hybridized carbons (Fsp3) is 0.576. The van der Waals surface area contributed by atoms with Gasteiger partial charge >= 0.3 is 6.11 Å². The van der Waals surface area contributed by atoms with E-state index in [1.54, 1.807) is 6.07 Å². The summed E-state index contributed by atoms with van der Waals surface area (Å²) in [7, 11) is 0. The first-order valence-electron chi connectivity index (χ1n) is 14.8. The van der Waals surface area contributed by atoms with Crippen LogP contribution in [-0.4, -0.2) is 6.11 Å². The number of hydrogen-bond donors (Lipinski definition) is 0. The smallest absolute Gasteiger partial charge is 0.400 e. The molecule has 0 atom stereocenters. The molecule has 2 fully saturated rings. The highest BCUT2D eigenvalue weighted by molar-refractivity contribution is 5.28. The Morgan fingerprint density at radius 1 is 0.750 bits per heavy atom. The number of allylic oxidation sites excluding steroid dienone is 2. The van der Waals surface area contributed by atoms with Gasteiger partial charge in [-0.3, -0.25) is 0 Å². The molecule has 0 spiro atoms. The van der Waals surface area contributed by atoms with Gasteiger partial charge in [0, 0.05) is 12.1 Å². The Balaban J connectivity index is 1.21. The molecule has 1 nitrogen and oxygen atoms in total. The lowest BCUT2D eigenvalue weighted by atomic mass is 9.77. The van der Waals surface area contributed by atoms with Crippen LogP contribution in [0.15, 0.2) is 42.5 Å². The zero-order valence-corrected chi connectivity index (χ0v) is 23.2.